The van der Waals surface area contributed by atoms with Gasteiger partial charge in [-0.3, -0.25) is 4.79 Å². The van der Waals surface area contributed by atoms with E-state index in [-0.39, 0.29) is 23.7 Å². The van der Waals surface area contributed by atoms with Crippen molar-refractivity contribution >= 4 is 24.5 Å². The third-order valence-electron chi connectivity index (χ3n) is 6.95. The van der Waals surface area contributed by atoms with Crippen molar-refractivity contribution in [2.24, 2.45) is 0 Å². The lowest BCUT2D eigenvalue weighted by atomic mass is 9.97. The van der Waals surface area contributed by atoms with Crippen LogP contribution in [0.1, 0.15) is 78.8 Å². The van der Waals surface area contributed by atoms with E-state index in [0.29, 0.717) is 28.5 Å². The largest absolute Gasteiger partial charge is 0.457 e. The van der Waals surface area contributed by atoms with Gasteiger partial charge in [-0.25, -0.2) is 13.6 Å². The minimum Gasteiger partial charge on any atom is -0.457 e. The number of nitrogens with zero attached hydrogens (tertiary/aromatic N) is 3. The van der Waals surface area contributed by atoms with Crippen molar-refractivity contribution in [3.63, 3.8) is 0 Å². The first-order valence-electron chi connectivity index (χ1n) is 15.9. The number of amides is 2. The molecule has 0 saturated heterocycles. The van der Waals surface area contributed by atoms with E-state index in [4.69, 9.17) is 18.7 Å². The van der Waals surface area contributed by atoms with Crippen LogP contribution in [0.15, 0.2) is 77.2 Å². The smallest absolute Gasteiger partial charge is 0.408 e. The molecule has 4 aromatic rings. The summed E-state index contributed by atoms with van der Waals surface area (Å²) in [6, 6.07) is 18.8. The summed E-state index contributed by atoms with van der Waals surface area (Å²) in [6.07, 6.45) is -1.92. The summed E-state index contributed by atoms with van der Waals surface area (Å²) in [7, 11) is 0. The first-order chi connectivity index (χ1) is 23.1. The molecule has 5 rings (SSSR count). The predicted molar refractivity (Wildman–Crippen MR) is 183 cm³/mol. The Labute approximate surface area is 285 Å². The van der Waals surface area contributed by atoms with E-state index < -0.39 is 41.4 Å². The van der Waals surface area contributed by atoms with E-state index in [1.54, 1.807) is 45.0 Å². The average molecular weight is 679 g/mol. The number of nitrogens with one attached hydrogen (secondary N) is 1. The number of hydrogen-bond acceptors (Lipinski definition) is 8. The van der Waals surface area contributed by atoms with E-state index in [9.17, 15) is 9.59 Å². The number of hydrogen-bond donors (Lipinski definition) is 1. The van der Waals surface area contributed by atoms with Crippen LogP contribution >= 0.6 is 0 Å². The number of aromatic nitrogens is 2. The van der Waals surface area contributed by atoms with E-state index in [0.717, 1.165) is 0 Å². The lowest BCUT2D eigenvalue weighted by Crippen LogP contribution is -2.49. The first-order valence-corrected chi connectivity index (χ1v) is 15.9. The summed E-state index contributed by atoms with van der Waals surface area (Å²) in [5.74, 6) is -2.46. The van der Waals surface area contributed by atoms with Crippen molar-refractivity contribution < 1.29 is 37.1 Å². The maximum absolute atomic E-state index is 15.9. The standard InChI is InChI=1S/C34H36F2N4O5.C2H6.CH2O/c1-32(2,3)30-39-38-28(44-30)22-14-17-25-27(18-22)40(20-21-12-15-24(16-13-21)43-23-10-8-7-9-11-23)29(41)26(19-34(25,35)36)37-31(42)45-33(4,5)6;2*1-2/h7-18,26H,19-20H2,1-6H3,(H,37,42);1-2H3;1H2. The van der Waals surface area contributed by atoms with E-state index >= 15 is 8.78 Å². The van der Waals surface area contributed by atoms with E-state index in [1.165, 1.54) is 23.1 Å². The first kappa shape index (κ1) is 38.3. The van der Waals surface area contributed by atoms with Gasteiger partial charge in [-0.15, -0.1) is 10.2 Å². The Morgan fingerprint density at radius 3 is 2.14 bits per heavy atom. The minimum atomic E-state index is -3.48. The number of carbonyl (C=O) groups excluding carboxylic acids is 3. The van der Waals surface area contributed by atoms with Crippen molar-refractivity contribution in [1.82, 2.24) is 15.5 Å². The molecule has 10 nitrogen and oxygen atoms in total. The third-order valence-corrected chi connectivity index (χ3v) is 6.95. The number of halogens is 2. The highest BCUT2D eigenvalue weighted by molar-refractivity contribution is 6.00. The number of anilines is 1. The minimum absolute atomic E-state index is 0.0314. The Morgan fingerprint density at radius 2 is 1.57 bits per heavy atom. The van der Waals surface area contributed by atoms with Gasteiger partial charge in [0.05, 0.1) is 12.2 Å². The number of rotatable bonds is 6. The molecule has 1 unspecified atom stereocenters. The second-order valence-electron chi connectivity index (χ2n) is 13.0. The molecule has 0 fully saturated rings. The maximum atomic E-state index is 15.9. The van der Waals surface area contributed by atoms with Crippen LogP contribution in [-0.2, 0) is 32.2 Å². The van der Waals surface area contributed by atoms with Crippen LogP contribution in [0.4, 0.5) is 19.3 Å². The molecule has 12 heteroatoms. The van der Waals surface area contributed by atoms with Gasteiger partial charge in [-0.05, 0) is 62.7 Å². The van der Waals surface area contributed by atoms with E-state index in [2.05, 4.69) is 15.5 Å². The fourth-order valence-electron chi connectivity index (χ4n) is 4.80. The zero-order valence-corrected chi connectivity index (χ0v) is 29.2. The van der Waals surface area contributed by atoms with Gasteiger partial charge in [0.2, 0.25) is 17.7 Å². The van der Waals surface area contributed by atoms with Crippen molar-refractivity contribution in [3.8, 4) is 23.0 Å². The highest BCUT2D eigenvalue weighted by Gasteiger charge is 2.46. The van der Waals surface area contributed by atoms with Crippen LogP contribution in [0.2, 0.25) is 0 Å². The molecule has 1 N–H and O–H groups in total. The molecule has 3 aromatic carbocycles. The summed E-state index contributed by atoms with van der Waals surface area (Å²) in [5.41, 5.74) is -0.700. The topological polar surface area (TPSA) is 124 Å². The number of alkyl carbamates (subject to hydrolysis) is 1. The monoisotopic (exact) mass is 678 g/mol. The van der Waals surface area contributed by atoms with Gasteiger partial charge in [0.1, 0.15) is 29.9 Å². The van der Waals surface area contributed by atoms with Crippen molar-refractivity contribution in [3.05, 3.63) is 89.8 Å². The van der Waals surface area contributed by atoms with Crippen molar-refractivity contribution in [2.75, 3.05) is 4.90 Å². The summed E-state index contributed by atoms with van der Waals surface area (Å²) < 4.78 is 48.8. The molecule has 0 radical (unpaired) electrons. The SMILES string of the molecule is C=O.CC.CC(C)(C)OC(=O)NC1CC(F)(F)c2ccc(-c3nnc(C(C)(C)C)o3)cc2N(Cc2ccc(Oc3ccccc3)cc2)C1=O. The molecule has 49 heavy (non-hydrogen) atoms. The molecule has 1 atom stereocenters. The van der Waals surface area contributed by atoms with Gasteiger partial charge in [0.25, 0.3) is 5.92 Å². The van der Waals surface area contributed by atoms with Crippen LogP contribution in [-0.4, -0.2) is 40.6 Å². The zero-order valence-electron chi connectivity index (χ0n) is 29.2. The molecule has 0 saturated carbocycles. The second-order valence-corrected chi connectivity index (χ2v) is 13.0. The zero-order chi connectivity index (χ0) is 36.6. The number of ether oxygens (including phenoxy) is 2. The van der Waals surface area contributed by atoms with Crippen LogP contribution in [0, 0.1) is 0 Å². The number of alkyl halides is 2. The fourth-order valence-corrected chi connectivity index (χ4v) is 4.80. The maximum Gasteiger partial charge on any atom is 0.408 e. The fraction of sp³-hybridized carbons (Fsp3) is 0.378. The van der Waals surface area contributed by atoms with E-state index in [1.807, 2.05) is 71.7 Å². The van der Waals surface area contributed by atoms with Gasteiger partial charge >= 0.3 is 6.09 Å². The summed E-state index contributed by atoms with van der Waals surface area (Å²) >= 11 is 0. The molecule has 1 aliphatic rings. The lowest BCUT2D eigenvalue weighted by molar-refractivity contribution is -0.123. The normalized spacial score (nSPS) is 15.3. The highest BCUT2D eigenvalue weighted by atomic mass is 19.3. The molecule has 2 amide bonds. The molecule has 1 aromatic heterocycles. The van der Waals surface area contributed by atoms with Crippen LogP contribution < -0.4 is 15.0 Å². The quantitative estimate of drug-likeness (QED) is 0.215. The number of fused-ring (bicyclic) bond motifs is 1. The molecule has 0 spiro atoms. The Hall–Kier alpha value is -5.13. The highest BCUT2D eigenvalue weighted by Crippen LogP contribution is 2.44. The summed E-state index contributed by atoms with van der Waals surface area (Å²) in [5, 5.41) is 10.6. The summed E-state index contributed by atoms with van der Waals surface area (Å²) in [6.45, 7) is 16.6. The number of para-hydroxylation sites is 1. The average Bonchev–Trinajstić information content (AvgIpc) is 3.54. The molecule has 0 bridgehead atoms. The van der Waals surface area contributed by atoms with Crippen LogP contribution in [0.25, 0.3) is 11.5 Å². The third kappa shape index (κ3) is 9.94. The molecular formula is C37H44F2N4O6. The number of carbonyl (C=O) groups is 3. The molecule has 262 valence electrons. The van der Waals surface area contributed by atoms with Gasteiger partial charge in [-0.1, -0.05) is 71.0 Å². The van der Waals surface area contributed by atoms with Gasteiger partial charge < -0.3 is 28.9 Å². The van der Waals surface area contributed by atoms with Gasteiger partial charge in [0.15, 0.2) is 0 Å². The lowest BCUT2D eigenvalue weighted by Gasteiger charge is -2.27. The molecule has 0 aliphatic carbocycles. The second kappa shape index (κ2) is 15.8. The number of benzene rings is 3. The molecule has 1 aliphatic heterocycles. The van der Waals surface area contributed by atoms with Crippen molar-refractivity contribution in [2.45, 2.75) is 91.3 Å². The van der Waals surface area contributed by atoms with Crippen LogP contribution in [0.3, 0.4) is 0 Å². The Kier molecular flexibility index (Phi) is 12.4. The van der Waals surface area contributed by atoms with Gasteiger partial charge in [0, 0.05) is 23.0 Å². The Balaban J connectivity index is 0.00000157. The summed E-state index contributed by atoms with van der Waals surface area (Å²) in [4.78, 5) is 35.9. The molecule has 2 heterocycles. The van der Waals surface area contributed by atoms with Crippen LogP contribution in [0.5, 0.6) is 11.5 Å². The Bertz CT molecular complexity index is 1700. The van der Waals surface area contributed by atoms with Crippen molar-refractivity contribution in [1.29, 1.82) is 0 Å². The molecular weight excluding hydrogens is 634 g/mol. The predicted octanol–water partition coefficient (Wildman–Crippen LogP) is 8.59. The van der Waals surface area contributed by atoms with Gasteiger partial charge in [-0.2, -0.15) is 0 Å². The Morgan fingerprint density at radius 1 is 0.959 bits per heavy atom.